The molecule has 0 spiro atoms. The summed E-state index contributed by atoms with van der Waals surface area (Å²) < 4.78 is 5.67. The van der Waals surface area contributed by atoms with Gasteiger partial charge >= 0.3 is 0 Å². The monoisotopic (exact) mass is 523 g/mol. The molecular formula is C32H49N3O3. The van der Waals surface area contributed by atoms with E-state index in [0.717, 1.165) is 61.1 Å². The third kappa shape index (κ3) is 4.68. The summed E-state index contributed by atoms with van der Waals surface area (Å²) in [7, 11) is 0. The van der Waals surface area contributed by atoms with Gasteiger partial charge in [-0.1, -0.05) is 13.0 Å². The summed E-state index contributed by atoms with van der Waals surface area (Å²) in [6.45, 7) is 8.97. The van der Waals surface area contributed by atoms with Crippen LogP contribution in [0.1, 0.15) is 91.4 Å². The Morgan fingerprint density at radius 2 is 1.97 bits per heavy atom. The van der Waals surface area contributed by atoms with E-state index in [2.05, 4.69) is 25.2 Å². The summed E-state index contributed by atoms with van der Waals surface area (Å²) in [6.07, 6.45) is 12.6. The zero-order valence-electron chi connectivity index (χ0n) is 23.8. The number of hydrogen-bond donors (Lipinski definition) is 2. The summed E-state index contributed by atoms with van der Waals surface area (Å²) in [5.41, 5.74) is -0.215. The van der Waals surface area contributed by atoms with Gasteiger partial charge in [0.2, 0.25) is 5.91 Å². The highest BCUT2D eigenvalue weighted by Gasteiger charge is 2.58. The number of aliphatic hydroxyl groups is 1. The molecule has 5 aliphatic rings. The van der Waals surface area contributed by atoms with Crippen LogP contribution in [0.5, 0.6) is 0 Å². The molecule has 0 aromatic carbocycles. The van der Waals surface area contributed by atoms with Gasteiger partial charge in [-0.2, -0.15) is 0 Å². The predicted molar refractivity (Wildman–Crippen MR) is 151 cm³/mol. The van der Waals surface area contributed by atoms with Crippen LogP contribution in [0.15, 0.2) is 18.2 Å². The summed E-state index contributed by atoms with van der Waals surface area (Å²) in [4.78, 5) is 18.9. The lowest BCUT2D eigenvalue weighted by Crippen LogP contribution is -2.52. The fourth-order valence-corrected chi connectivity index (χ4v) is 10.1. The van der Waals surface area contributed by atoms with Crippen molar-refractivity contribution in [2.24, 2.45) is 40.9 Å². The highest BCUT2D eigenvalue weighted by Crippen LogP contribution is 2.65. The lowest BCUT2D eigenvalue weighted by molar-refractivity contribution is -0.128. The molecule has 0 unspecified atom stereocenters. The van der Waals surface area contributed by atoms with E-state index in [9.17, 15) is 9.90 Å². The SMILES string of the molecule is CCOC[C@@]1(O)CC[C@H]2[C@H](CC[C@@H]3[C@@H]2CC[C@]2(C)[C@@H]([C@@H](C)Nc4cccc(N5CCCC5=O)n4)CC[C@@H]32)C1. The smallest absolute Gasteiger partial charge is 0.228 e. The second-order valence-electron chi connectivity index (χ2n) is 13.7. The molecule has 1 amide bonds. The van der Waals surface area contributed by atoms with Crippen molar-refractivity contribution in [3.63, 3.8) is 0 Å². The quantitative estimate of drug-likeness (QED) is 0.455. The number of carbonyl (C=O) groups excluding carboxylic acids is 1. The molecule has 0 radical (unpaired) electrons. The molecule has 1 aromatic heterocycles. The number of aromatic nitrogens is 1. The standard InChI is InChI=1S/C32H49N3O3/c1-4-38-20-32(37)17-15-23-22(19-32)10-11-25-24(23)14-16-31(3)26(12-13-27(25)31)21(2)33-28-7-5-8-29(34-28)35-18-6-9-30(35)36/h5,7-8,21-27,37H,4,6,9-20H2,1-3H3,(H,33,34)/t21-,22-,23+,24-,25-,26-,27+,31-,32-/m1/s1. The first kappa shape index (κ1) is 26.6. The van der Waals surface area contributed by atoms with Gasteiger partial charge in [0.1, 0.15) is 11.6 Å². The van der Waals surface area contributed by atoms with E-state index in [1.807, 2.05) is 24.0 Å². The van der Waals surface area contributed by atoms with E-state index in [-0.39, 0.29) is 5.91 Å². The Bertz CT molecular complexity index is 1020. The molecule has 1 aliphatic heterocycles. The number of hydrogen-bond acceptors (Lipinski definition) is 5. The number of ether oxygens (including phenoxy) is 1. The second-order valence-corrected chi connectivity index (χ2v) is 13.7. The van der Waals surface area contributed by atoms with Gasteiger partial charge < -0.3 is 15.2 Å². The molecule has 5 fully saturated rings. The zero-order chi connectivity index (χ0) is 26.5. The summed E-state index contributed by atoms with van der Waals surface area (Å²) in [5, 5.41) is 15.0. The molecule has 6 heteroatoms. The first-order valence-corrected chi connectivity index (χ1v) is 15.7. The van der Waals surface area contributed by atoms with Crippen LogP contribution in [0, 0.1) is 40.9 Å². The van der Waals surface area contributed by atoms with Gasteiger partial charge in [-0.25, -0.2) is 4.98 Å². The Labute approximate surface area is 229 Å². The van der Waals surface area contributed by atoms with E-state index in [0.29, 0.717) is 42.9 Å². The first-order valence-electron chi connectivity index (χ1n) is 15.7. The van der Waals surface area contributed by atoms with E-state index < -0.39 is 5.60 Å². The maximum atomic E-state index is 12.2. The van der Waals surface area contributed by atoms with Gasteiger partial charge in [0, 0.05) is 25.6 Å². The van der Waals surface area contributed by atoms with Crippen molar-refractivity contribution in [2.45, 2.75) is 103 Å². The molecule has 4 saturated carbocycles. The second kappa shape index (κ2) is 10.4. The average molecular weight is 524 g/mol. The van der Waals surface area contributed by atoms with Crippen LogP contribution in [0.4, 0.5) is 11.6 Å². The van der Waals surface area contributed by atoms with E-state index in [4.69, 9.17) is 9.72 Å². The van der Waals surface area contributed by atoms with Crippen molar-refractivity contribution in [2.75, 3.05) is 30.0 Å². The fourth-order valence-electron chi connectivity index (χ4n) is 10.1. The van der Waals surface area contributed by atoms with Crippen molar-refractivity contribution < 1.29 is 14.6 Å². The molecule has 38 heavy (non-hydrogen) atoms. The van der Waals surface area contributed by atoms with E-state index in [1.54, 1.807) is 0 Å². The molecule has 6 rings (SSSR count). The first-order chi connectivity index (χ1) is 18.3. The van der Waals surface area contributed by atoms with Crippen molar-refractivity contribution in [3.05, 3.63) is 18.2 Å². The number of rotatable bonds is 7. The summed E-state index contributed by atoms with van der Waals surface area (Å²) in [5.74, 6) is 6.53. The third-order valence-corrected chi connectivity index (χ3v) is 11.8. The van der Waals surface area contributed by atoms with Crippen LogP contribution < -0.4 is 10.2 Å². The molecule has 1 aromatic rings. The number of nitrogens with one attached hydrogen (secondary N) is 1. The highest BCUT2D eigenvalue weighted by atomic mass is 16.5. The van der Waals surface area contributed by atoms with Crippen LogP contribution >= 0.6 is 0 Å². The lowest BCUT2D eigenvalue weighted by atomic mass is 9.48. The number of nitrogens with zero attached hydrogens (tertiary/aromatic N) is 2. The van der Waals surface area contributed by atoms with Gasteiger partial charge in [-0.15, -0.1) is 0 Å². The largest absolute Gasteiger partial charge is 0.387 e. The highest BCUT2D eigenvalue weighted by molar-refractivity contribution is 5.94. The topological polar surface area (TPSA) is 74.7 Å². The van der Waals surface area contributed by atoms with Gasteiger partial charge in [0.05, 0.1) is 12.2 Å². The Hall–Kier alpha value is -1.66. The molecule has 2 N–H and O–H groups in total. The molecule has 9 atom stereocenters. The minimum absolute atomic E-state index is 0.192. The Morgan fingerprint density at radius 3 is 2.76 bits per heavy atom. The van der Waals surface area contributed by atoms with Gasteiger partial charge in [0.15, 0.2) is 0 Å². The van der Waals surface area contributed by atoms with Crippen LogP contribution in [0.25, 0.3) is 0 Å². The molecule has 210 valence electrons. The number of anilines is 2. The fraction of sp³-hybridized carbons (Fsp3) is 0.812. The summed E-state index contributed by atoms with van der Waals surface area (Å²) in [6, 6.07) is 6.42. The molecule has 4 aliphatic carbocycles. The lowest BCUT2D eigenvalue weighted by Gasteiger charge is -2.57. The maximum absolute atomic E-state index is 12.2. The van der Waals surface area contributed by atoms with E-state index >= 15 is 0 Å². The molecule has 2 heterocycles. The van der Waals surface area contributed by atoms with Gasteiger partial charge in [-0.05, 0) is 131 Å². The molecule has 0 bridgehead atoms. The number of fused-ring (bicyclic) bond motifs is 5. The summed E-state index contributed by atoms with van der Waals surface area (Å²) >= 11 is 0. The average Bonchev–Trinajstić information content (AvgIpc) is 3.50. The molecule has 1 saturated heterocycles. The number of pyridine rings is 1. The molecule has 6 nitrogen and oxygen atoms in total. The van der Waals surface area contributed by atoms with Gasteiger partial charge in [0.25, 0.3) is 0 Å². The zero-order valence-corrected chi connectivity index (χ0v) is 23.8. The normalized spacial score (nSPS) is 41.4. The maximum Gasteiger partial charge on any atom is 0.228 e. The predicted octanol–water partition coefficient (Wildman–Crippen LogP) is 6.05. The van der Waals surface area contributed by atoms with Crippen LogP contribution in [-0.2, 0) is 9.53 Å². The van der Waals surface area contributed by atoms with Crippen molar-refractivity contribution >= 4 is 17.5 Å². The van der Waals surface area contributed by atoms with Crippen LogP contribution in [0.3, 0.4) is 0 Å². The van der Waals surface area contributed by atoms with Crippen molar-refractivity contribution in [3.8, 4) is 0 Å². The van der Waals surface area contributed by atoms with Gasteiger partial charge in [-0.3, -0.25) is 9.69 Å². The molecular weight excluding hydrogens is 474 g/mol. The third-order valence-electron chi connectivity index (χ3n) is 11.8. The Kier molecular flexibility index (Phi) is 7.26. The van der Waals surface area contributed by atoms with Crippen LogP contribution in [0.2, 0.25) is 0 Å². The number of amides is 1. The Balaban J connectivity index is 1.12. The Morgan fingerprint density at radius 1 is 1.13 bits per heavy atom. The van der Waals surface area contributed by atoms with Crippen LogP contribution in [-0.4, -0.2) is 47.4 Å². The van der Waals surface area contributed by atoms with Crippen molar-refractivity contribution in [1.82, 2.24) is 4.98 Å². The van der Waals surface area contributed by atoms with E-state index in [1.165, 1.54) is 44.9 Å². The minimum atomic E-state index is -0.597. The minimum Gasteiger partial charge on any atom is -0.387 e. The van der Waals surface area contributed by atoms with Crippen molar-refractivity contribution in [1.29, 1.82) is 0 Å². The number of carbonyl (C=O) groups is 1.